The molecule has 3 heterocycles. The van der Waals surface area contributed by atoms with Crippen LogP contribution in [-0.2, 0) is 14.9 Å². The van der Waals surface area contributed by atoms with Crippen molar-refractivity contribution in [2.45, 2.75) is 31.8 Å². The lowest BCUT2D eigenvalue weighted by Crippen LogP contribution is -2.38. The van der Waals surface area contributed by atoms with Gasteiger partial charge in [0.1, 0.15) is 11.9 Å². The number of morpholine rings is 1. The zero-order chi connectivity index (χ0) is 23.4. The maximum absolute atomic E-state index is 13.9. The molecular formula is C27H27N3O4. The Bertz CT molecular complexity index is 1340. The van der Waals surface area contributed by atoms with Gasteiger partial charge in [0.25, 0.3) is 0 Å². The molecule has 1 aliphatic carbocycles. The van der Waals surface area contributed by atoms with Crippen molar-refractivity contribution < 1.29 is 19.0 Å². The number of rotatable bonds is 3. The highest BCUT2D eigenvalue weighted by molar-refractivity contribution is 6.20. The number of aromatic nitrogens is 1. The van der Waals surface area contributed by atoms with Gasteiger partial charge in [0.05, 0.1) is 49.3 Å². The zero-order valence-electron chi connectivity index (χ0n) is 19.4. The highest BCUT2D eigenvalue weighted by atomic mass is 16.5. The van der Waals surface area contributed by atoms with Crippen molar-refractivity contribution in [1.82, 2.24) is 4.98 Å². The number of hydrogen-bond acceptors (Lipinski definition) is 6. The predicted octanol–water partition coefficient (Wildman–Crippen LogP) is 3.91. The van der Waals surface area contributed by atoms with Gasteiger partial charge in [0.15, 0.2) is 5.78 Å². The summed E-state index contributed by atoms with van der Waals surface area (Å²) in [5.41, 5.74) is 5.18. The first-order chi connectivity index (χ1) is 16.5. The normalized spacial score (nSPS) is 21.3. The monoisotopic (exact) mass is 457 g/mol. The second-order valence-corrected chi connectivity index (χ2v) is 9.77. The molecule has 3 aliphatic rings. The SMILES string of the molecule is CC1(C)c2cc(N3CCOCC3)c(O[C@H]3CCOC3)cc2C(=O)c2c1[nH]c1cc(C#N)ccc21. The van der Waals surface area contributed by atoms with Crippen LogP contribution < -0.4 is 9.64 Å². The number of carbonyl (C=O) groups excluding carboxylic acids is 1. The average molecular weight is 458 g/mol. The molecule has 0 unspecified atom stereocenters. The van der Waals surface area contributed by atoms with E-state index in [0.29, 0.717) is 43.1 Å². The zero-order valence-corrected chi connectivity index (χ0v) is 19.4. The number of nitrogens with zero attached hydrogens (tertiary/aromatic N) is 2. The molecule has 34 heavy (non-hydrogen) atoms. The topological polar surface area (TPSA) is 87.6 Å². The second kappa shape index (κ2) is 7.86. The molecule has 0 spiro atoms. The molecule has 1 aromatic heterocycles. The highest BCUT2D eigenvalue weighted by Gasteiger charge is 2.41. The van der Waals surface area contributed by atoms with Crippen molar-refractivity contribution in [2.24, 2.45) is 0 Å². The molecule has 1 N–H and O–H groups in total. The van der Waals surface area contributed by atoms with Gasteiger partial charge in [-0.2, -0.15) is 5.26 Å². The minimum Gasteiger partial charge on any atom is -0.486 e. The highest BCUT2D eigenvalue weighted by Crippen LogP contribution is 2.47. The lowest BCUT2D eigenvalue weighted by Gasteiger charge is -2.36. The number of ketones is 1. The minimum atomic E-state index is -0.430. The summed E-state index contributed by atoms with van der Waals surface area (Å²) in [6.07, 6.45) is 0.824. The number of H-pyrrole nitrogens is 1. The van der Waals surface area contributed by atoms with Crippen LogP contribution in [0.3, 0.4) is 0 Å². The second-order valence-electron chi connectivity index (χ2n) is 9.77. The van der Waals surface area contributed by atoms with Gasteiger partial charge in [-0.1, -0.05) is 19.9 Å². The van der Waals surface area contributed by atoms with Crippen LogP contribution in [0.15, 0.2) is 30.3 Å². The smallest absolute Gasteiger partial charge is 0.195 e. The Hall–Kier alpha value is -3.34. The summed E-state index contributed by atoms with van der Waals surface area (Å²) in [6.45, 7) is 8.43. The molecule has 7 nitrogen and oxygen atoms in total. The molecule has 2 aromatic carbocycles. The summed E-state index contributed by atoms with van der Waals surface area (Å²) in [4.78, 5) is 19.7. The van der Waals surface area contributed by atoms with E-state index in [1.54, 1.807) is 6.07 Å². The Morgan fingerprint density at radius 1 is 1.15 bits per heavy atom. The molecule has 6 rings (SSSR count). The molecule has 0 saturated carbocycles. The van der Waals surface area contributed by atoms with Crippen LogP contribution in [0.1, 0.15) is 53.0 Å². The van der Waals surface area contributed by atoms with Crippen molar-refractivity contribution >= 4 is 22.4 Å². The van der Waals surface area contributed by atoms with Crippen LogP contribution >= 0.6 is 0 Å². The van der Waals surface area contributed by atoms with E-state index in [-0.39, 0.29) is 11.9 Å². The summed E-state index contributed by atoms with van der Waals surface area (Å²) in [5, 5.41) is 10.2. The van der Waals surface area contributed by atoms with E-state index in [4.69, 9.17) is 14.2 Å². The van der Waals surface area contributed by atoms with Gasteiger partial charge in [0.2, 0.25) is 0 Å². The van der Waals surface area contributed by atoms with Gasteiger partial charge in [-0.3, -0.25) is 4.79 Å². The number of carbonyl (C=O) groups is 1. The molecule has 174 valence electrons. The maximum atomic E-state index is 13.9. The third-order valence-electron chi connectivity index (χ3n) is 7.33. The van der Waals surface area contributed by atoms with Crippen LogP contribution in [0.2, 0.25) is 0 Å². The average Bonchev–Trinajstić information content (AvgIpc) is 3.51. The molecule has 7 heteroatoms. The molecular weight excluding hydrogens is 430 g/mol. The van der Waals surface area contributed by atoms with E-state index in [1.807, 2.05) is 18.2 Å². The number of nitriles is 1. The molecule has 3 aromatic rings. The molecule has 2 aliphatic heterocycles. The number of anilines is 1. The van der Waals surface area contributed by atoms with E-state index in [1.165, 1.54) is 0 Å². The number of fused-ring (bicyclic) bond motifs is 4. The summed E-state index contributed by atoms with van der Waals surface area (Å²) < 4.78 is 17.5. The summed E-state index contributed by atoms with van der Waals surface area (Å²) in [7, 11) is 0. The largest absolute Gasteiger partial charge is 0.486 e. The summed E-state index contributed by atoms with van der Waals surface area (Å²) in [5.74, 6) is 0.719. The van der Waals surface area contributed by atoms with Gasteiger partial charge >= 0.3 is 0 Å². The quantitative estimate of drug-likeness (QED) is 0.642. The van der Waals surface area contributed by atoms with Crippen molar-refractivity contribution in [3.05, 3.63) is 58.3 Å². The van der Waals surface area contributed by atoms with Crippen molar-refractivity contribution in [3.8, 4) is 11.8 Å². The van der Waals surface area contributed by atoms with Crippen LogP contribution in [0, 0.1) is 11.3 Å². The lowest BCUT2D eigenvalue weighted by molar-refractivity contribution is 0.103. The standard InChI is InChI=1S/C27H27N3O4/c1-27(2)20-13-22(30-6-9-32-10-7-30)23(34-17-5-8-33-15-17)12-19(20)25(31)24-18-4-3-16(14-28)11-21(18)29-26(24)27/h3-4,11-13,17,29H,5-10,15H2,1-2H3/t17-/m0/s1. The van der Waals surface area contributed by atoms with E-state index in [0.717, 1.165) is 53.1 Å². The molecule has 0 amide bonds. The Morgan fingerprint density at radius 3 is 2.71 bits per heavy atom. The number of hydrogen-bond donors (Lipinski definition) is 1. The first-order valence-electron chi connectivity index (χ1n) is 11.8. The molecule has 1 atom stereocenters. The van der Waals surface area contributed by atoms with Crippen molar-refractivity contribution in [1.29, 1.82) is 5.26 Å². The number of ether oxygens (including phenoxy) is 3. The molecule has 2 saturated heterocycles. The number of aromatic amines is 1. The number of benzene rings is 2. The molecule has 0 bridgehead atoms. The van der Waals surface area contributed by atoms with Crippen molar-refractivity contribution in [3.63, 3.8) is 0 Å². The van der Waals surface area contributed by atoms with Crippen LogP contribution in [0.5, 0.6) is 5.75 Å². The van der Waals surface area contributed by atoms with Crippen LogP contribution in [0.4, 0.5) is 5.69 Å². The van der Waals surface area contributed by atoms with E-state index >= 15 is 0 Å². The first-order valence-corrected chi connectivity index (χ1v) is 11.8. The molecule has 0 radical (unpaired) electrons. The Balaban J connectivity index is 1.53. The fourth-order valence-electron chi connectivity index (χ4n) is 5.45. The maximum Gasteiger partial charge on any atom is 0.195 e. The van der Waals surface area contributed by atoms with Gasteiger partial charge in [-0.25, -0.2) is 0 Å². The Labute approximate surface area is 198 Å². The fraction of sp³-hybridized carbons (Fsp3) is 0.407. The fourth-order valence-corrected chi connectivity index (χ4v) is 5.45. The summed E-state index contributed by atoms with van der Waals surface area (Å²) >= 11 is 0. The van der Waals surface area contributed by atoms with Crippen LogP contribution in [0.25, 0.3) is 10.9 Å². The number of nitrogens with one attached hydrogen (secondary N) is 1. The van der Waals surface area contributed by atoms with E-state index in [9.17, 15) is 10.1 Å². The van der Waals surface area contributed by atoms with Gasteiger partial charge < -0.3 is 24.1 Å². The van der Waals surface area contributed by atoms with Gasteiger partial charge in [0, 0.05) is 47.1 Å². The first kappa shape index (κ1) is 21.2. The third-order valence-corrected chi connectivity index (χ3v) is 7.33. The third kappa shape index (κ3) is 3.21. The van der Waals surface area contributed by atoms with E-state index < -0.39 is 5.41 Å². The van der Waals surface area contributed by atoms with E-state index in [2.05, 4.69) is 35.9 Å². The van der Waals surface area contributed by atoms with Crippen LogP contribution in [-0.4, -0.2) is 56.4 Å². The Morgan fingerprint density at radius 2 is 1.97 bits per heavy atom. The predicted molar refractivity (Wildman–Crippen MR) is 128 cm³/mol. The lowest BCUT2D eigenvalue weighted by atomic mass is 9.71. The Kier molecular flexibility index (Phi) is 4.91. The van der Waals surface area contributed by atoms with Gasteiger partial charge in [-0.05, 0) is 29.8 Å². The minimum absolute atomic E-state index is 0.0127. The summed E-state index contributed by atoms with van der Waals surface area (Å²) in [6, 6.07) is 11.7. The van der Waals surface area contributed by atoms with Gasteiger partial charge in [-0.15, -0.1) is 0 Å². The van der Waals surface area contributed by atoms with Crippen molar-refractivity contribution in [2.75, 3.05) is 44.4 Å². The molecule has 2 fully saturated rings.